The highest BCUT2D eigenvalue weighted by Crippen LogP contribution is 2.13. The molecule has 0 aliphatic carbocycles. The number of aliphatic hydroxyl groups excluding tert-OH is 1. The Bertz CT molecular complexity index is 282. The van der Waals surface area contributed by atoms with Gasteiger partial charge in [-0.3, -0.25) is 4.79 Å². The molecule has 0 saturated carbocycles. The number of nitrogen functional groups attached to an aromatic ring is 1. The van der Waals surface area contributed by atoms with Crippen LogP contribution in [0, 0.1) is 0 Å². The summed E-state index contributed by atoms with van der Waals surface area (Å²) >= 11 is 0. The molecule has 0 bridgehead atoms. The van der Waals surface area contributed by atoms with E-state index in [0.717, 1.165) is 0 Å². The number of amides is 1. The van der Waals surface area contributed by atoms with E-state index in [1.807, 2.05) is 0 Å². The molecule has 0 spiro atoms. The monoisotopic (exact) mass is 166 g/mol. The van der Waals surface area contributed by atoms with Crippen molar-refractivity contribution < 1.29 is 9.90 Å². The van der Waals surface area contributed by atoms with Crippen molar-refractivity contribution >= 4 is 11.6 Å². The van der Waals surface area contributed by atoms with E-state index in [4.69, 9.17) is 11.5 Å². The summed E-state index contributed by atoms with van der Waals surface area (Å²) in [6.07, 6.45) is -1.24. The first-order valence-corrected chi connectivity index (χ1v) is 3.44. The summed E-state index contributed by atoms with van der Waals surface area (Å²) in [6.45, 7) is 0. The number of carbonyl (C=O) groups excluding carboxylic acids is 1. The fraction of sp³-hybridized carbons (Fsp3) is 0.125. The molecule has 5 N–H and O–H groups in total. The number of benzene rings is 1. The van der Waals surface area contributed by atoms with Crippen LogP contribution in [-0.2, 0) is 4.79 Å². The molecule has 1 aromatic rings. The van der Waals surface area contributed by atoms with Gasteiger partial charge >= 0.3 is 0 Å². The minimum absolute atomic E-state index is 0.455. The number of primary amides is 1. The summed E-state index contributed by atoms with van der Waals surface area (Å²) < 4.78 is 0. The van der Waals surface area contributed by atoms with Gasteiger partial charge in [-0.15, -0.1) is 0 Å². The maximum Gasteiger partial charge on any atom is 0.250 e. The Morgan fingerprint density at radius 2 is 1.83 bits per heavy atom. The van der Waals surface area contributed by atoms with E-state index in [9.17, 15) is 9.90 Å². The summed E-state index contributed by atoms with van der Waals surface area (Å²) in [6, 6.07) is 6.32. The molecule has 64 valence electrons. The second-order valence-corrected chi connectivity index (χ2v) is 2.47. The average molecular weight is 166 g/mol. The number of hydrogen-bond acceptors (Lipinski definition) is 3. The van der Waals surface area contributed by atoms with Crippen LogP contribution >= 0.6 is 0 Å². The number of carbonyl (C=O) groups is 1. The van der Waals surface area contributed by atoms with Crippen LogP contribution < -0.4 is 11.5 Å². The standard InChI is InChI=1S/C8H10N2O2/c9-6-3-1-5(2-4-6)7(11)8(10)12/h1-4,7,11H,9H2,(H2,10,12)/t7-/m0/s1. The Labute approximate surface area is 69.8 Å². The molecule has 1 aromatic carbocycles. The predicted molar refractivity (Wildman–Crippen MR) is 45.0 cm³/mol. The molecule has 0 fully saturated rings. The lowest BCUT2D eigenvalue weighted by Gasteiger charge is -2.05. The first kappa shape index (κ1) is 8.55. The van der Waals surface area contributed by atoms with Gasteiger partial charge in [0.1, 0.15) is 0 Å². The zero-order chi connectivity index (χ0) is 9.14. The number of aliphatic hydroxyl groups is 1. The van der Waals surface area contributed by atoms with E-state index in [1.54, 1.807) is 24.3 Å². The van der Waals surface area contributed by atoms with Crippen molar-refractivity contribution in [1.29, 1.82) is 0 Å². The maximum atomic E-state index is 10.5. The van der Waals surface area contributed by atoms with Crippen molar-refractivity contribution in [3.63, 3.8) is 0 Å². The molecule has 0 unspecified atom stereocenters. The molecule has 4 nitrogen and oxygen atoms in total. The average Bonchev–Trinajstić information content (AvgIpc) is 2.04. The van der Waals surface area contributed by atoms with E-state index >= 15 is 0 Å². The van der Waals surface area contributed by atoms with Crippen LogP contribution in [0.1, 0.15) is 11.7 Å². The van der Waals surface area contributed by atoms with Crippen molar-refractivity contribution in [2.24, 2.45) is 5.73 Å². The number of hydrogen-bond donors (Lipinski definition) is 3. The summed E-state index contributed by atoms with van der Waals surface area (Å²) in [5, 5.41) is 9.17. The Kier molecular flexibility index (Phi) is 2.30. The normalized spacial score (nSPS) is 12.4. The fourth-order valence-electron chi connectivity index (χ4n) is 0.843. The highest BCUT2D eigenvalue weighted by molar-refractivity contribution is 5.80. The summed E-state index contributed by atoms with van der Waals surface area (Å²) in [5.74, 6) is -0.764. The summed E-state index contributed by atoms with van der Waals surface area (Å²) in [5.41, 5.74) is 11.3. The number of rotatable bonds is 2. The largest absolute Gasteiger partial charge is 0.399 e. The molecule has 0 aliphatic rings. The third-order valence-corrected chi connectivity index (χ3v) is 1.52. The van der Waals surface area contributed by atoms with E-state index in [1.165, 1.54) is 0 Å². The van der Waals surface area contributed by atoms with Crippen LogP contribution in [0.2, 0.25) is 0 Å². The quantitative estimate of drug-likeness (QED) is 0.531. The summed E-state index contributed by atoms with van der Waals surface area (Å²) in [7, 11) is 0. The van der Waals surface area contributed by atoms with Crippen molar-refractivity contribution in [3.8, 4) is 0 Å². The van der Waals surface area contributed by atoms with Gasteiger partial charge in [-0.25, -0.2) is 0 Å². The van der Waals surface area contributed by atoms with Crippen molar-refractivity contribution in [3.05, 3.63) is 29.8 Å². The minimum Gasteiger partial charge on any atom is -0.399 e. The molecule has 0 radical (unpaired) electrons. The van der Waals surface area contributed by atoms with Crippen LogP contribution in [-0.4, -0.2) is 11.0 Å². The van der Waals surface area contributed by atoms with E-state index in [-0.39, 0.29) is 0 Å². The SMILES string of the molecule is NC(=O)[C@@H](O)c1ccc(N)cc1. The lowest BCUT2D eigenvalue weighted by molar-refractivity contribution is -0.126. The smallest absolute Gasteiger partial charge is 0.250 e. The topological polar surface area (TPSA) is 89.3 Å². The zero-order valence-electron chi connectivity index (χ0n) is 6.40. The van der Waals surface area contributed by atoms with Gasteiger partial charge < -0.3 is 16.6 Å². The molecule has 12 heavy (non-hydrogen) atoms. The zero-order valence-corrected chi connectivity index (χ0v) is 6.40. The first-order valence-electron chi connectivity index (χ1n) is 3.44. The van der Waals surface area contributed by atoms with E-state index in [0.29, 0.717) is 11.3 Å². The highest BCUT2D eigenvalue weighted by Gasteiger charge is 2.12. The predicted octanol–water partition coefficient (Wildman–Crippen LogP) is -0.213. The van der Waals surface area contributed by atoms with Gasteiger partial charge in [0.05, 0.1) is 0 Å². The van der Waals surface area contributed by atoms with E-state index < -0.39 is 12.0 Å². The number of anilines is 1. The van der Waals surface area contributed by atoms with Crippen molar-refractivity contribution in [1.82, 2.24) is 0 Å². The van der Waals surface area contributed by atoms with E-state index in [2.05, 4.69) is 0 Å². The van der Waals surface area contributed by atoms with Gasteiger partial charge in [0, 0.05) is 5.69 Å². The van der Waals surface area contributed by atoms with Crippen LogP contribution in [0.25, 0.3) is 0 Å². The van der Waals surface area contributed by atoms with Gasteiger partial charge in [0.15, 0.2) is 6.10 Å². The molecule has 0 saturated heterocycles. The van der Waals surface area contributed by atoms with Crippen LogP contribution in [0.15, 0.2) is 24.3 Å². The lowest BCUT2D eigenvalue weighted by Crippen LogP contribution is -2.20. The minimum atomic E-state index is -1.24. The highest BCUT2D eigenvalue weighted by atomic mass is 16.3. The van der Waals surface area contributed by atoms with Gasteiger partial charge in [-0.05, 0) is 17.7 Å². The van der Waals surface area contributed by atoms with Crippen molar-refractivity contribution in [2.45, 2.75) is 6.10 Å². The first-order chi connectivity index (χ1) is 5.61. The molecule has 0 aromatic heterocycles. The lowest BCUT2D eigenvalue weighted by atomic mass is 10.1. The Morgan fingerprint density at radius 3 is 2.25 bits per heavy atom. The maximum absolute atomic E-state index is 10.5. The van der Waals surface area contributed by atoms with Gasteiger partial charge in [0.2, 0.25) is 0 Å². The fourth-order valence-corrected chi connectivity index (χ4v) is 0.843. The Balaban J connectivity index is 2.89. The molecule has 1 atom stereocenters. The van der Waals surface area contributed by atoms with Crippen LogP contribution in [0.3, 0.4) is 0 Å². The molecular weight excluding hydrogens is 156 g/mol. The molecule has 1 rings (SSSR count). The second kappa shape index (κ2) is 3.23. The van der Waals surface area contributed by atoms with Crippen LogP contribution in [0.4, 0.5) is 5.69 Å². The Morgan fingerprint density at radius 1 is 1.33 bits per heavy atom. The molecule has 1 amide bonds. The molecule has 0 heterocycles. The third-order valence-electron chi connectivity index (χ3n) is 1.52. The van der Waals surface area contributed by atoms with Gasteiger partial charge in [-0.1, -0.05) is 12.1 Å². The van der Waals surface area contributed by atoms with Crippen molar-refractivity contribution in [2.75, 3.05) is 5.73 Å². The molecule has 0 aliphatic heterocycles. The third kappa shape index (κ3) is 1.73. The second-order valence-electron chi connectivity index (χ2n) is 2.47. The molecule has 4 heteroatoms. The molecular formula is C8H10N2O2. The van der Waals surface area contributed by atoms with Gasteiger partial charge in [-0.2, -0.15) is 0 Å². The van der Waals surface area contributed by atoms with Gasteiger partial charge in [0.25, 0.3) is 5.91 Å². The van der Waals surface area contributed by atoms with Crippen LogP contribution in [0.5, 0.6) is 0 Å². The number of nitrogens with two attached hydrogens (primary N) is 2. The summed E-state index contributed by atoms with van der Waals surface area (Å²) in [4.78, 5) is 10.5. The Hall–Kier alpha value is -1.55.